The van der Waals surface area contributed by atoms with E-state index in [1.54, 1.807) is 0 Å². The highest BCUT2D eigenvalue weighted by molar-refractivity contribution is 6.29. The fraction of sp³-hybridized carbons (Fsp3) is 0.529. The average molecular weight is 265 g/mol. The molecule has 1 aromatic rings. The summed E-state index contributed by atoms with van der Waals surface area (Å²) in [4.78, 5) is 0. The second-order valence-electron chi connectivity index (χ2n) is 5.72. The Hall–Kier alpha value is -0.750. The lowest BCUT2D eigenvalue weighted by molar-refractivity contribution is 0.375. The molecule has 100 valence electrons. The fourth-order valence-electron chi connectivity index (χ4n) is 2.58. The fourth-order valence-corrected chi connectivity index (χ4v) is 2.80. The van der Waals surface area contributed by atoms with Gasteiger partial charge < -0.3 is 0 Å². The van der Waals surface area contributed by atoms with E-state index >= 15 is 0 Å². The molecule has 1 rings (SSSR count). The van der Waals surface area contributed by atoms with Crippen LogP contribution in [-0.4, -0.2) is 0 Å². The van der Waals surface area contributed by atoms with Gasteiger partial charge in [-0.25, -0.2) is 0 Å². The van der Waals surface area contributed by atoms with E-state index in [1.807, 2.05) is 6.92 Å². The minimum absolute atomic E-state index is 0.232. The van der Waals surface area contributed by atoms with Crippen molar-refractivity contribution in [3.63, 3.8) is 0 Å². The molecule has 0 aliphatic heterocycles. The first-order valence-electron chi connectivity index (χ1n) is 6.78. The summed E-state index contributed by atoms with van der Waals surface area (Å²) in [6.07, 6.45) is 4.44. The zero-order valence-corrected chi connectivity index (χ0v) is 13.0. The molecule has 0 amide bonds. The van der Waals surface area contributed by atoms with Crippen LogP contribution >= 0.6 is 11.6 Å². The van der Waals surface area contributed by atoms with Crippen molar-refractivity contribution in [2.45, 2.75) is 52.9 Å². The lowest BCUT2D eigenvalue weighted by atomic mass is 9.73. The highest BCUT2D eigenvalue weighted by Crippen LogP contribution is 2.35. The molecule has 0 aliphatic rings. The Morgan fingerprint density at radius 3 is 2.33 bits per heavy atom. The van der Waals surface area contributed by atoms with E-state index in [0.29, 0.717) is 5.92 Å². The second-order valence-corrected chi connectivity index (χ2v) is 6.31. The van der Waals surface area contributed by atoms with E-state index in [1.165, 1.54) is 11.1 Å². The minimum atomic E-state index is 0.232. The van der Waals surface area contributed by atoms with Crippen molar-refractivity contribution in [3.05, 3.63) is 46.5 Å². The van der Waals surface area contributed by atoms with Gasteiger partial charge in [-0.15, -0.1) is 0 Å². The normalized spacial score (nSPS) is 17.3. The lowest BCUT2D eigenvalue weighted by Gasteiger charge is -2.31. The van der Waals surface area contributed by atoms with Gasteiger partial charge in [0.1, 0.15) is 0 Å². The third-order valence-corrected chi connectivity index (χ3v) is 3.94. The number of aryl methyl sites for hydroxylation is 1. The van der Waals surface area contributed by atoms with Crippen molar-refractivity contribution in [3.8, 4) is 0 Å². The molecular formula is C17H25Cl. The van der Waals surface area contributed by atoms with Crippen LogP contribution in [0.2, 0.25) is 0 Å². The van der Waals surface area contributed by atoms with Crippen molar-refractivity contribution in [1.29, 1.82) is 0 Å². The molecule has 0 spiro atoms. The first kappa shape index (κ1) is 15.3. The van der Waals surface area contributed by atoms with Gasteiger partial charge in [0.15, 0.2) is 0 Å². The number of benzene rings is 1. The van der Waals surface area contributed by atoms with E-state index in [0.717, 1.165) is 17.9 Å². The van der Waals surface area contributed by atoms with Crippen molar-refractivity contribution in [2.75, 3.05) is 0 Å². The maximum Gasteiger partial charge on any atom is 0.0112 e. The maximum atomic E-state index is 5.97. The molecular weight excluding hydrogens is 240 g/mol. The summed E-state index contributed by atoms with van der Waals surface area (Å²) in [5, 5.41) is 0.893. The zero-order chi connectivity index (χ0) is 13.8. The molecule has 1 heteroatoms. The molecule has 1 aromatic carbocycles. The maximum absolute atomic E-state index is 5.97. The van der Waals surface area contributed by atoms with Crippen molar-refractivity contribution >= 4 is 11.6 Å². The largest absolute Gasteiger partial charge is 0.0898 e. The molecule has 0 heterocycles. The van der Waals surface area contributed by atoms with Crippen LogP contribution in [0.4, 0.5) is 0 Å². The predicted molar refractivity (Wildman–Crippen MR) is 82.2 cm³/mol. The van der Waals surface area contributed by atoms with E-state index in [9.17, 15) is 0 Å². The summed E-state index contributed by atoms with van der Waals surface area (Å²) in [7, 11) is 0. The van der Waals surface area contributed by atoms with Crippen LogP contribution in [-0.2, 0) is 5.41 Å². The summed E-state index contributed by atoms with van der Waals surface area (Å²) < 4.78 is 0. The Bertz CT molecular complexity index is 398. The molecule has 0 fully saturated rings. The van der Waals surface area contributed by atoms with Gasteiger partial charge >= 0.3 is 0 Å². The Labute approximate surface area is 117 Å². The van der Waals surface area contributed by atoms with Gasteiger partial charge in [0.2, 0.25) is 0 Å². The Balaban J connectivity index is 2.91. The smallest absolute Gasteiger partial charge is 0.0112 e. The quantitative estimate of drug-likeness (QED) is 0.627. The molecule has 0 radical (unpaired) electrons. The van der Waals surface area contributed by atoms with Gasteiger partial charge in [-0.3, -0.25) is 0 Å². The molecule has 0 aliphatic carbocycles. The SMILES string of the molecule is CCC(C)(CC(C)/C=C(/C)Cl)c1ccc(C)cc1. The van der Waals surface area contributed by atoms with Crippen LogP contribution < -0.4 is 0 Å². The monoisotopic (exact) mass is 264 g/mol. The highest BCUT2D eigenvalue weighted by Gasteiger charge is 2.26. The van der Waals surface area contributed by atoms with Crippen LogP contribution in [0.15, 0.2) is 35.4 Å². The first-order valence-corrected chi connectivity index (χ1v) is 7.16. The van der Waals surface area contributed by atoms with E-state index in [2.05, 4.69) is 58.0 Å². The van der Waals surface area contributed by atoms with Gasteiger partial charge in [0.05, 0.1) is 0 Å². The number of hydrogen-bond acceptors (Lipinski definition) is 0. The van der Waals surface area contributed by atoms with Gasteiger partial charge in [-0.2, -0.15) is 0 Å². The molecule has 0 aromatic heterocycles. The first-order chi connectivity index (χ1) is 8.37. The number of halogens is 1. The van der Waals surface area contributed by atoms with Crippen molar-refractivity contribution in [1.82, 2.24) is 0 Å². The standard InChI is InChI=1S/C17H25Cl/c1-6-17(5,12-14(3)11-15(4)18)16-9-7-13(2)8-10-16/h7-11,14H,6,12H2,1-5H3/b15-11-. The van der Waals surface area contributed by atoms with Crippen LogP contribution in [0.5, 0.6) is 0 Å². The van der Waals surface area contributed by atoms with E-state index < -0.39 is 0 Å². The van der Waals surface area contributed by atoms with Crippen LogP contribution in [0.1, 0.15) is 51.7 Å². The highest BCUT2D eigenvalue weighted by atomic mass is 35.5. The predicted octanol–water partition coefficient (Wildman–Crippen LogP) is 5.83. The van der Waals surface area contributed by atoms with Gasteiger partial charge in [0.25, 0.3) is 0 Å². The Morgan fingerprint density at radius 2 is 1.89 bits per heavy atom. The number of allylic oxidation sites excluding steroid dienone is 2. The van der Waals surface area contributed by atoms with E-state index in [-0.39, 0.29) is 5.41 Å². The molecule has 0 bridgehead atoms. The Kier molecular flexibility index (Phi) is 5.47. The minimum Gasteiger partial charge on any atom is -0.0898 e. The molecule has 0 saturated heterocycles. The molecule has 2 unspecified atom stereocenters. The molecule has 0 nitrogen and oxygen atoms in total. The Morgan fingerprint density at radius 1 is 1.33 bits per heavy atom. The molecule has 2 atom stereocenters. The van der Waals surface area contributed by atoms with Crippen LogP contribution in [0.3, 0.4) is 0 Å². The average Bonchev–Trinajstić information content (AvgIpc) is 2.28. The van der Waals surface area contributed by atoms with Crippen molar-refractivity contribution in [2.24, 2.45) is 5.92 Å². The van der Waals surface area contributed by atoms with Gasteiger partial charge in [-0.05, 0) is 43.6 Å². The summed E-state index contributed by atoms with van der Waals surface area (Å²) in [6.45, 7) is 11.0. The summed E-state index contributed by atoms with van der Waals surface area (Å²) in [5.41, 5.74) is 2.99. The van der Waals surface area contributed by atoms with Gasteiger partial charge in [0, 0.05) is 5.03 Å². The van der Waals surface area contributed by atoms with Gasteiger partial charge in [-0.1, -0.05) is 68.3 Å². The molecule has 18 heavy (non-hydrogen) atoms. The lowest BCUT2D eigenvalue weighted by Crippen LogP contribution is -2.23. The summed E-state index contributed by atoms with van der Waals surface area (Å²) >= 11 is 5.97. The summed E-state index contributed by atoms with van der Waals surface area (Å²) in [6, 6.07) is 8.94. The number of hydrogen-bond donors (Lipinski definition) is 0. The zero-order valence-electron chi connectivity index (χ0n) is 12.3. The molecule has 0 saturated carbocycles. The topological polar surface area (TPSA) is 0 Å². The number of rotatable bonds is 5. The van der Waals surface area contributed by atoms with Crippen LogP contribution in [0.25, 0.3) is 0 Å². The third-order valence-electron chi connectivity index (χ3n) is 3.82. The van der Waals surface area contributed by atoms with Crippen LogP contribution in [0, 0.1) is 12.8 Å². The third kappa shape index (κ3) is 4.17. The molecule has 0 N–H and O–H groups in total. The van der Waals surface area contributed by atoms with Crippen molar-refractivity contribution < 1.29 is 0 Å². The van der Waals surface area contributed by atoms with E-state index in [4.69, 9.17) is 11.6 Å². The summed E-state index contributed by atoms with van der Waals surface area (Å²) in [5.74, 6) is 0.508. The second kappa shape index (κ2) is 6.43.